The largest absolute Gasteiger partial charge is 0.309 e. The van der Waals surface area contributed by atoms with Crippen molar-refractivity contribution < 1.29 is 9.18 Å². The first-order valence-corrected chi connectivity index (χ1v) is 7.86. The van der Waals surface area contributed by atoms with Gasteiger partial charge < -0.3 is 4.90 Å². The highest BCUT2D eigenvalue weighted by Crippen LogP contribution is 2.30. The highest BCUT2D eigenvalue weighted by Gasteiger charge is 2.25. The SMILES string of the molecule is O=C(CCc1ccccc1Cl)N1CCCc2cccc(F)c21. The minimum Gasteiger partial charge on any atom is -0.309 e. The number of halogens is 2. The normalized spacial score (nSPS) is 13.8. The molecule has 0 unspecified atom stereocenters. The molecule has 1 heterocycles. The lowest BCUT2D eigenvalue weighted by Crippen LogP contribution is -2.36. The molecular formula is C18H17ClFNO. The van der Waals surface area contributed by atoms with E-state index in [1.54, 1.807) is 11.0 Å². The Hall–Kier alpha value is -1.87. The van der Waals surface area contributed by atoms with E-state index in [-0.39, 0.29) is 11.7 Å². The smallest absolute Gasteiger partial charge is 0.227 e. The first-order valence-electron chi connectivity index (χ1n) is 7.48. The Bertz CT molecular complexity index is 701. The molecule has 1 aliphatic rings. The number of nitrogens with zero attached hydrogens (tertiary/aromatic N) is 1. The highest BCUT2D eigenvalue weighted by atomic mass is 35.5. The van der Waals surface area contributed by atoms with Gasteiger partial charge in [-0.05, 0) is 42.5 Å². The van der Waals surface area contributed by atoms with Crippen molar-refractivity contribution >= 4 is 23.2 Å². The lowest BCUT2D eigenvalue weighted by Gasteiger charge is -2.30. The monoisotopic (exact) mass is 317 g/mol. The maximum Gasteiger partial charge on any atom is 0.227 e. The molecule has 1 amide bonds. The van der Waals surface area contributed by atoms with Crippen molar-refractivity contribution in [1.82, 2.24) is 0 Å². The average Bonchev–Trinajstić information content (AvgIpc) is 2.53. The number of aryl methyl sites for hydroxylation is 2. The van der Waals surface area contributed by atoms with Gasteiger partial charge >= 0.3 is 0 Å². The third-order valence-corrected chi connectivity index (χ3v) is 4.40. The number of hydrogen-bond donors (Lipinski definition) is 0. The molecule has 22 heavy (non-hydrogen) atoms. The summed E-state index contributed by atoms with van der Waals surface area (Å²) in [6, 6.07) is 12.5. The molecular weight excluding hydrogens is 301 g/mol. The fraction of sp³-hybridized carbons (Fsp3) is 0.278. The van der Waals surface area contributed by atoms with Crippen LogP contribution in [-0.4, -0.2) is 12.5 Å². The summed E-state index contributed by atoms with van der Waals surface area (Å²) in [5.74, 6) is -0.366. The second-order valence-corrected chi connectivity index (χ2v) is 5.90. The minimum atomic E-state index is -0.316. The van der Waals surface area contributed by atoms with Gasteiger partial charge in [-0.1, -0.05) is 41.9 Å². The van der Waals surface area contributed by atoms with Crippen LogP contribution in [0.1, 0.15) is 24.0 Å². The first-order chi connectivity index (χ1) is 10.7. The van der Waals surface area contributed by atoms with E-state index in [9.17, 15) is 9.18 Å². The van der Waals surface area contributed by atoms with E-state index in [0.29, 0.717) is 30.1 Å². The van der Waals surface area contributed by atoms with Crippen LogP contribution in [0.2, 0.25) is 5.02 Å². The van der Waals surface area contributed by atoms with Crippen molar-refractivity contribution in [2.24, 2.45) is 0 Å². The Balaban J connectivity index is 1.76. The molecule has 1 aliphatic heterocycles. The number of fused-ring (bicyclic) bond motifs is 1. The van der Waals surface area contributed by atoms with Crippen molar-refractivity contribution in [1.29, 1.82) is 0 Å². The van der Waals surface area contributed by atoms with Crippen LogP contribution in [0.15, 0.2) is 42.5 Å². The number of benzene rings is 2. The molecule has 0 saturated carbocycles. The summed E-state index contributed by atoms with van der Waals surface area (Å²) in [6.45, 7) is 0.579. The standard InChI is InChI=1S/C18H17ClFNO/c19-15-8-2-1-5-13(15)10-11-17(22)21-12-4-7-14-6-3-9-16(20)18(14)21/h1-3,5-6,8-9H,4,7,10-12H2. The molecule has 0 radical (unpaired) electrons. The molecule has 0 aliphatic carbocycles. The van der Waals surface area contributed by atoms with Gasteiger partial charge in [0.1, 0.15) is 5.82 Å². The van der Waals surface area contributed by atoms with Crippen LogP contribution in [0.25, 0.3) is 0 Å². The zero-order chi connectivity index (χ0) is 15.5. The number of carbonyl (C=O) groups excluding carboxylic acids is 1. The lowest BCUT2D eigenvalue weighted by atomic mass is 10.0. The van der Waals surface area contributed by atoms with Gasteiger partial charge in [-0.25, -0.2) is 4.39 Å². The fourth-order valence-corrected chi connectivity index (χ4v) is 3.16. The zero-order valence-corrected chi connectivity index (χ0v) is 12.9. The Kier molecular flexibility index (Phi) is 4.44. The van der Waals surface area contributed by atoms with E-state index in [4.69, 9.17) is 11.6 Å². The molecule has 3 rings (SSSR count). The summed E-state index contributed by atoms with van der Waals surface area (Å²) in [4.78, 5) is 14.1. The third kappa shape index (κ3) is 3.00. The van der Waals surface area contributed by atoms with Crippen LogP contribution in [0.3, 0.4) is 0 Å². The van der Waals surface area contributed by atoms with Crippen molar-refractivity contribution in [2.75, 3.05) is 11.4 Å². The molecule has 0 spiro atoms. The molecule has 2 aromatic carbocycles. The maximum atomic E-state index is 14.1. The Morgan fingerprint density at radius 3 is 2.82 bits per heavy atom. The average molecular weight is 318 g/mol. The van der Waals surface area contributed by atoms with E-state index in [1.165, 1.54) is 6.07 Å². The van der Waals surface area contributed by atoms with Crippen molar-refractivity contribution in [3.63, 3.8) is 0 Å². The van der Waals surface area contributed by atoms with Gasteiger partial charge in [-0.2, -0.15) is 0 Å². The molecule has 2 nitrogen and oxygen atoms in total. The van der Waals surface area contributed by atoms with Gasteiger partial charge in [0.2, 0.25) is 5.91 Å². The summed E-state index contributed by atoms with van der Waals surface area (Å²) in [5.41, 5.74) is 2.32. The van der Waals surface area contributed by atoms with E-state index < -0.39 is 0 Å². The van der Waals surface area contributed by atoms with Crippen molar-refractivity contribution in [3.8, 4) is 0 Å². The Morgan fingerprint density at radius 1 is 1.18 bits per heavy atom. The van der Waals surface area contributed by atoms with E-state index >= 15 is 0 Å². The van der Waals surface area contributed by atoms with Gasteiger partial charge in [0, 0.05) is 18.0 Å². The number of anilines is 1. The summed E-state index contributed by atoms with van der Waals surface area (Å²) >= 11 is 6.11. The second kappa shape index (κ2) is 6.49. The van der Waals surface area contributed by atoms with Crippen LogP contribution >= 0.6 is 11.6 Å². The van der Waals surface area contributed by atoms with Gasteiger partial charge in [-0.15, -0.1) is 0 Å². The number of rotatable bonds is 3. The van der Waals surface area contributed by atoms with E-state index in [0.717, 1.165) is 24.0 Å². The van der Waals surface area contributed by atoms with E-state index in [2.05, 4.69) is 0 Å². The molecule has 0 bridgehead atoms. The number of hydrogen-bond acceptors (Lipinski definition) is 1. The molecule has 114 valence electrons. The molecule has 0 atom stereocenters. The molecule has 0 saturated heterocycles. The molecule has 2 aromatic rings. The molecule has 4 heteroatoms. The predicted molar refractivity (Wildman–Crippen MR) is 86.8 cm³/mol. The van der Waals surface area contributed by atoms with Crippen LogP contribution < -0.4 is 4.90 Å². The maximum absolute atomic E-state index is 14.1. The number of carbonyl (C=O) groups is 1. The summed E-state index contributed by atoms with van der Waals surface area (Å²) in [5, 5.41) is 0.667. The predicted octanol–water partition coefficient (Wildman–Crippen LogP) is 4.39. The lowest BCUT2D eigenvalue weighted by molar-refractivity contribution is -0.118. The highest BCUT2D eigenvalue weighted by molar-refractivity contribution is 6.31. The van der Waals surface area contributed by atoms with Crippen LogP contribution in [0.5, 0.6) is 0 Å². The third-order valence-electron chi connectivity index (χ3n) is 4.04. The minimum absolute atomic E-state index is 0.0500. The summed E-state index contributed by atoms with van der Waals surface area (Å²) < 4.78 is 14.1. The number of amides is 1. The summed E-state index contributed by atoms with van der Waals surface area (Å²) in [7, 11) is 0. The van der Waals surface area contributed by atoms with Crippen LogP contribution in [0.4, 0.5) is 10.1 Å². The number of para-hydroxylation sites is 1. The van der Waals surface area contributed by atoms with Crippen LogP contribution in [0, 0.1) is 5.82 Å². The quantitative estimate of drug-likeness (QED) is 0.822. The van der Waals surface area contributed by atoms with Gasteiger partial charge in [0.15, 0.2) is 0 Å². The van der Waals surface area contributed by atoms with Gasteiger partial charge in [-0.3, -0.25) is 4.79 Å². The Morgan fingerprint density at radius 2 is 2.00 bits per heavy atom. The Labute approximate surface area is 134 Å². The topological polar surface area (TPSA) is 20.3 Å². The molecule has 0 aromatic heterocycles. The molecule has 0 N–H and O–H groups in total. The molecule has 0 fully saturated rings. The van der Waals surface area contributed by atoms with Gasteiger partial charge in [0.05, 0.1) is 5.69 Å². The summed E-state index contributed by atoms with van der Waals surface area (Å²) in [6.07, 6.45) is 2.59. The van der Waals surface area contributed by atoms with Crippen molar-refractivity contribution in [3.05, 3.63) is 64.4 Å². The first kappa shape index (κ1) is 15.0. The zero-order valence-electron chi connectivity index (χ0n) is 12.2. The van der Waals surface area contributed by atoms with Crippen molar-refractivity contribution in [2.45, 2.75) is 25.7 Å². The fourth-order valence-electron chi connectivity index (χ4n) is 2.93. The van der Waals surface area contributed by atoms with E-state index in [1.807, 2.05) is 30.3 Å². The van der Waals surface area contributed by atoms with Gasteiger partial charge in [0.25, 0.3) is 0 Å². The second-order valence-electron chi connectivity index (χ2n) is 5.49. The van der Waals surface area contributed by atoms with Crippen LogP contribution in [-0.2, 0) is 17.6 Å².